The fourth-order valence-corrected chi connectivity index (χ4v) is 2.89. The van der Waals surface area contributed by atoms with Crippen molar-refractivity contribution in [3.8, 4) is 16.9 Å². The van der Waals surface area contributed by atoms with Crippen LogP contribution in [0, 0.1) is 0 Å². The largest absolute Gasteiger partial charge is 0.497 e. The third-order valence-corrected chi connectivity index (χ3v) is 4.53. The number of carbonyl (C=O) groups excluding carboxylic acids is 1. The Morgan fingerprint density at radius 1 is 0.931 bits per heavy atom. The number of anilines is 2. The van der Waals surface area contributed by atoms with Crippen molar-refractivity contribution in [1.29, 1.82) is 0 Å². The maximum absolute atomic E-state index is 11.9. The average Bonchev–Trinajstić information content (AvgIpc) is 2.74. The van der Waals surface area contributed by atoms with Gasteiger partial charge in [0, 0.05) is 23.9 Å². The zero-order chi connectivity index (χ0) is 20.6. The van der Waals surface area contributed by atoms with Crippen LogP contribution < -0.4 is 16.2 Å². The van der Waals surface area contributed by atoms with Crippen LogP contribution >= 0.6 is 0 Å². The summed E-state index contributed by atoms with van der Waals surface area (Å²) in [6, 6.07) is 21.1. The Balaban J connectivity index is 1.51. The average molecular weight is 388 g/mol. The minimum Gasteiger partial charge on any atom is -0.497 e. The molecule has 0 aliphatic rings. The summed E-state index contributed by atoms with van der Waals surface area (Å²) in [6.45, 7) is 0.258. The van der Waals surface area contributed by atoms with Crippen molar-refractivity contribution in [2.45, 2.75) is 6.42 Å². The van der Waals surface area contributed by atoms with E-state index >= 15 is 0 Å². The first-order valence-electron chi connectivity index (χ1n) is 9.28. The molecule has 0 bridgehead atoms. The first kappa shape index (κ1) is 20.0. The van der Waals surface area contributed by atoms with E-state index in [0.717, 1.165) is 28.0 Å². The molecule has 0 atom stereocenters. The van der Waals surface area contributed by atoms with Gasteiger partial charge in [0.2, 0.25) is 0 Å². The number of hydrogen-bond donors (Lipinski definition) is 2. The summed E-state index contributed by atoms with van der Waals surface area (Å²) in [5, 5.41) is 0. The SMILES string of the molecule is COc1ccc(-c2ccc(/C=C/C(=O)OCCc3ccc(N)cc3N)cc2)cc1. The van der Waals surface area contributed by atoms with Gasteiger partial charge >= 0.3 is 5.97 Å². The molecule has 0 saturated heterocycles. The number of benzene rings is 3. The van der Waals surface area contributed by atoms with E-state index in [4.69, 9.17) is 20.9 Å². The predicted octanol–water partition coefficient (Wildman–Crippen LogP) is 4.33. The van der Waals surface area contributed by atoms with Crippen molar-refractivity contribution in [1.82, 2.24) is 0 Å². The number of methoxy groups -OCH3 is 1. The molecule has 0 radical (unpaired) electrons. The molecule has 0 heterocycles. The number of hydrogen-bond acceptors (Lipinski definition) is 5. The van der Waals surface area contributed by atoms with E-state index in [9.17, 15) is 4.79 Å². The second kappa shape index (κ2) is 9.46. The first-order valence-corrected chi connectivity index (χ1v) is 9.28. The van der Waals surface area contributed by atoms with Gasteiger partial charge in [-0.25, -0.2) is 4.79 Å². The van der Waals surface area contributed by atoms with Crippen molar-refractivity contribution >= 4 is 23.4 Å². The van der Waals surface area contributed by atoms with Crippen molar-refractivity contribution in [2.75, 3.05) is 25.2 Å². The number of nitrogen functional groups attached to an aromatic ring is 2. The van der Waals surface area contributed by atoms with Crippen molar-refractivity contribution in [2.24, 2.45) is 0 Å². The van der Waals surface area contributed by atoms with Crippen LogP contribution in [0.15, 0.2) is 72.8 Å². The highest BCUT2D eigenvalue weighted by atomic mass is 16.5. The van der Waals surface area contributed by atoms with E-state index < -0.39 is 5.97 Å². The zero-order valence-corrected chi connectivity index (χ0v) is 16.3. The Hall–Kier alpha value is -3.73. The van der Waals surface area contributed by atoms with Crippen LogP contribution in [0.4, 0.5) is 11.4 Å². The molecule has 5 nitrogen and oxygen atoms in total. The monoisotopic (exact) mass is 388 g/mol. The maximum Gasteiger partial charge on any atom is 0.330 e. The number of carbonyl (C=O) groups is 1. The van der Waals surface area contributed by atoms with Crippen molar-refractivity contribution in [3.63, 3.8) is 0 Å². The Bertz CT molecular complexity index is 994. The van der Waals surface area contributed by atoms with E-state index in [1.807, 2.05) is 54.6 Å². The lowest BCUT2D eigenvalue weighted by atomic mass is 10.0. The summed E-state index contributed by atoms with van der Waals surface area (Å²) in [5.74, 6) is 0.434. The fourth-order valence-electron chi connectivity index (χ4n) is 2.89. The molecule has 3 aromatic rings. The minimum atomic E-state index is -0.391. The van der Waals surface area contributed by atoms with Crippen LogP contribution in [0.1, 0.15) is 11.1 Å². The van der Waals surface area contributed by atoms with E-state index in [1.165, 1.54) is 6.08 Å². The second-order valence-electron chi connectivity index (χ2n) is 6.56. The van der Waals surface area contributed by atoms with Crippen LogP contribution in [-0.2, 0) is 16.0 Å². The van der Waals surface area contributed by atoms with Gasteiger partial charge in [-0.2, -0.15) is 0 Å². The topological polar surface area (TPSA) is 87.6 Å². The van der Waals surface area contributed by atoms with E-state index in [2.05, 4.69) is 0 Å². The van der Waals surface area contributed by atoms with Gasteiger partial charge in [-0.15, -0.1) is 0 Å². The molecule has 5 heteroatoms. The normalized spacial score (nSPS) is 10.8. The molecule has 148 valence electrons. The molecular formula is C24H24N2O3. The van der Waals surface area contributed by atoms with Gasteiger partial charge in [0.15, 0.2) is 0 Å². The summed E-state index contributed by atoms with van der Waals surface area (Å²) in [4.78, 5) is 11.9. The van der Waals surface area contributed by atoms with Crippen LogP contribution in [0.25, 0.3) is 17.2 Å². The molecule has 0 unspecified atom stereocenters. The second-order valence-corrected chi connectivity index (χ2v) is 6.56. The Labute approximate surface area is 170 Å². The summed E-state index contributed by atoms with van der Waals surface area (Å²) < 4.78 is 10.4. The van der Waals surface area contributed by atoms with Gasteiger partial charge < -0.3 is 20.9 Å². The molecule has 0 saturated carbocycles. The van der Waals surface area contributed by atoms with Gasteiger partial charge in [0.05, 0.1) is 13.7 Å². The lowest BCUT2D eigenvalue weighted by molar-refractivity contribution is -0.137. The standard InChI is InChI=1S/C24H24N2O3/c1-28-22-11-8-19(9-12-22)18-5-2-17(3-6-18)4-13-24(27)29-15-14-20-7-10-21(25)16-23(20)26/h2-13,16H,14-15,25-26H2,1H3/b13-4+. The Morgan fingerprint density at radius 3 is 2.21 bits per heavy atom. The quantitative estimate of drug-likeness (QED) is 0.357. The molecule has 0 aromatic heterocycles. The lowest BCUT2D eigenvalue weighted by Crippen LogP contribution is -2.06. The van der Waals surface area contributed by atoms with Crippen molar-refractivity contribution < 1.29 is 14.3 Å². The molecule has 0 amide bonds. The number of esters is 1. The smallest absolute Gasteiger partial charge is 0.330 e. The van der Waals surface area contributed by atoms with Gasteiger partial charge in [0.25, 0.3) is 0 Å². The van der Waals surface area contributed by atoms with Crippen LogP contribution in [-0.4, -0.2) is 19.7 Å². The fraction of sp³-hybridized carbons (Fsp3) is 0.125. The summed E-state index contributed by atoms with van der Waals surface area (Å²) >= 11 is 0. The van der Waals surface area contributed by atoms with Crippen LogP contribution in [0.2, 0.25) is 0 Å². The van der Waals surface area contributed by atoms with Crippen LogP contribution in [0.5, 0.6) is 5.75 Å². The van der Waals surface area contributed by atoms with Gasteiger partial charge in [0.1, 0.15) is 5.75 Å². The first-order chi connectivity index (χ1) is 14.0. The minimum absolute atomic E-state index is 0.258. The zero-order valence-electron chi connectivity index (χ0n) is 16.3. The third kappa shape index (κ3) is 5.62. The molecule has 4 N–H and O–H groups in total. The summed E-state index contributed by atoms with van der Waals surface area (Å²) in [7, 11) is 1.65. The molecular weight excluding hydrogens is 364 g/mol. The Morgan fingerprint density at radius 2 is 1.59 bits per heavy atom. The van der Waals surface area contributed by atoms with Gasteiger partial charge in [-0.05, 0) is 52.6 Å². The predicted molar refractivity (Wildman–Crippen MR) is 117 cm³/mol. The van der Waals surface area contributed by atoms with E-state index in [-0.39, 0.29) is 6.61 Å². The molecule has 0 fully saturated rings. The Kier molecular flexibility index (Phi) is 6.53. The summed E-state index contributed by atoms with van der Waals surface area (Å²) in [5.41, 5.74) is 16.8. The molecule has 0 spiro atoms. The highest BCUT2D eigenvalue weighted by Crippen LogP contribution is 2.23. The maximum atomic E-state index is 11.9. The molecule has 3 rings (SSSR count). The van der Waals surface area contributed by atoms with Crippen molar-refractivity contribution in [3.05, 3.63) is 83.9 Å². The molecule has 0 aliphatic carbocycles. The number of rotatable bonds is 7. The number of ether oxygens (including phenoxy) is 2. The van der Waals surface area contributed by atoms with Gasteiger partial charge in [-0.1, -0.05) is 42.5 Å². The molecule has 29 heavy (non-hydrogen) atoms. The third-order valence-electron chi connectivity index (χ3n) is 4.53. The lowest BCUT2D eigenvalue weighted by Gasteiger charge is -2.06. The molecule has 3 aromatic carbocycles. The van der Waals surface area contributed by atoms with Gasteiger partial charge in [-0.3, -0.25) is 0 Å². The van der Waals surface area contributed by atoms with E-state index in [1.54, 1.807) is 25.3 Å². The highest BCUT2D eigenvalue weighted by Gasteiger charge is 2.03. The highest BCUT2D eigenvalue weighted by molar-refractivity contribution is 5.87. The van der Waals surface area contributed by atoms with Crippen LogP contribution in [0.3, 0.4) is 0 Å². The summed E-state index contributed by atoms with van der Waals surface area (Å²) in [6.07, 6.45) is 3.70. The molecule has 0 aliphatic heterocycles. The van der Waals surface area contributed by atoms with E-state index in [0.29, 0.717) is 17.8 Å². The number of nitrogens with two attached hydrogens (primary N) is 2.